The first kappa shape index (κ1) is 17.3. The smallest absolute Gasteiger partial charge is 0.244 e. The van der Waals surface area contributed by atoms with Crippen molar-refractivity contribution >= 4 is 21.8 Å². The third kappa shape index (κ3) is 4.66. The summed E-state index contributed by atoms with van der Waals surface area (Å²) in [7, 11) is -2.16. The first-order valence-corrected chi connectivity index (χ1v) is 9.05. The van der Waals surface area contributed by atoms with Crippen LogP contribution in [0.3, 0.4) is 0 Å². The Labute approximate surface area is 125 Å². The van der Waals surface area contributed by atoms with Crippen LogP contribution in [0.2, 0.25) is 0 Å². The monoisotopic (exact) mass is 318 g/mol. The van der Waals surface area contributed by atoms with Gasteiger partial charge in [0.05, 0.1) is 7.11 Å². The van der Waals surface area contributed by atoms with Crippen molar-refractivity contribution in [2.75, 3.05) is 18.6 Å². The van der Waals surface area contributed by atoms with E-state index in [2.05, 4.69) is 4.72 Å². The van der Waals surface area contributed by atoms with Gasteiger partial charge in [-0.25, -0.2) is 13.1 Å². The molecule has 0 bridgehead atoms. The van der Waals surface area contributed by atoms with Crippen LogP contribution in [-0.4, -0.2) is 33.1 Å². The summed E-state index contributed by atoms with van der Waals surface area (Å²) < 4.78 is 32.6. The Kier molecular flexibility index (Phi) is 6.81. The first-order valence-electron chi connectivity index (χ1n) is 6.41. The topological polar surface area (TPSA) is 81.4 Å². The van der Waals surface area contributed by atoms with E-state index in [1.54, 1.807) is 30.0 Å². The van der Waals surface area contributed by atoms with Crippen molar-refractivity contribution in [3.63, 3.8) is 0 Å². The molecule has 0 spiro atoms. The molecule has 20 heavy (non-hydrogen) atoms. The minimum atomic E-state index is -3.61. The fourth-order valence-corrected chi connectivity index (χ4v) is 3.96. The maximum Gasteiger partial charge on any atom is 0.244 e. The molecule has 1 atom stereocenters. The number of methoxy groups -OCH3 is 1. The van der Waals surface area contributed by atoms with Crippen LogP contribution in [0.1, 0.15) is 19.4 Å². The number of benzene rings is 1. The molecule has 114 valence electrons. The highest BCUT2D eigenvalue weighted by Gasteiger charge is 2.22. The zero-order valence-corrected chi connectivity index (χ0v) is 13.7. The van der Waals surface area contributed by atoms with Gasteiger partial charge in [0.2, 0.25) is 10.0 Å². The van der Waals surface area contributed by atoms with Crippen LogP contribution in [0.25, 0.3) is 0 Å². The van der Waals surface area contributed by atoms with E-state index in [4.69, 9.17) is 10.5 Å². The fraction of sp³-hybridized carbons (Fsp3) is 0.538. The number of sulfonamides is 1. The van der Waals surface area contributed by atoms with Gasteiger partial charge in [0.15, 0.2) is 0 Å². The predicted molar refractivity (Wildman–Crippen MR) is 83.7 cm³/mol. The van der Waals surface area contributed by atoms with Crippen LogP contribution in [0.5, 0.6) is 5.75 Å². The summed E-state index contributed by atoms with van der Waals surface area (Å²) in [5.41, 5.74) is 6.31. The second kappa shape index (κ2) is 7.87. The van der Waals surface area contributed by atoms with Crippen molar-refractivity contribution in [2.45, 2.75) is 31.3 Å². The largest absolute Gasteiger partial charge is 0.495 e. The normalized spacial score (nSPS) is 13.2. The second-order valence-corrected chi connectivity index (χ2v) is 7.37. The second-order valence-electron chi connectivity index (χ2n) is 4.37. The van der Waals surface area contributed by atoms with E-state index in [0.717, 1.165) is 17.1 Å². The number of rotatable bonds is 8. The third-order valence-electron chi connectivity index (χ3n) is 2.68. The van der Waals surface area contributed by atoms with E-state index in [1.165, 1.54) is 7.11 Å². The summed E-state index contributed by atoms with van der Waals surface area (Å²) in [5, 5.41) is 0. The van der Waals surface area contributed by atoms with Gasteiger partial charge in [0.1, 0.15) is 10.6 Å². The van der Waals surface area contributed by atoms with Gasteiger partial charge >= 0.3 is 0 Å². The molecule has 3 N–H and O–H groups in total. The SMILES string of the molecule is CCSCC(C)NS(=O)(=O)c1cc(CN)ccc1OC. The van der Waals surface area contributed by atoms with Crippen LogP contribution in [0, 0.1) is 0 Å². The Morgan fingerprint density at radius 2 is 2.15 bits per heavy atom. The molecular weight excluding hydrogens is 296 g/mol. The molecule has 0 saturated carbocycles. The van der Waals surface area contributed by atoms with Gasteiger partial charge in [0.25, 0.3) is 0 Å². The molecule has 0 aliphatic heterocycles. The minimum Gasteiger partial charge on any atom is -0.495 e. The summed E-state index contributed by atoms with van der Waals surface area (Å²) in [5.74, 6) is 2.01. The molecule has 1 unspecified atom stereocenters. The van der Waals surface area contributed by atoms with Crippen LogP contribution >= 0.6 is 11.8 Å². The lowest BCUT2D eigenvalue weighted by molar-refractivity contribution is 0.402. The molecule has 0 aliphatic rings. The van der Waals surface area contributed by atoms with E-state index in [9.17, 15) is 8.42 Å². The lowest BCUT2D eigenvalue weighted by atomic mass is 10.2. The highest BCUT2D eigenvalue weighted by molar-refractivity contribution is 7.99. The lowest BCUT2D eigenvalue weighted by Gasteiger charge is -2.16. The fourth-order valence-electron chi connectivity index (χ4n) is 1.72. The molecule has 0 radical (unpaired) electrons. The van der Waals surface area contributed by atoms with Gasteiger partial charge in [-0.3, -0.25) is 0 Å². The van der Waals surface area contributed by atoms with E-state index >= 15 is 0 Å². The van der Waals surface area contributed by atoms with Crippen LogP contribution in [-0.2, 0) is 16.6 Å². The minimum absolute atomic E-state index is 0.135. The zero-order chi connectivity index (χ0) is 15.2. The van der Waals surface area contributed by atoms with E-state index in [1.807, 2.05) is 13.8 Å². The Morgan fingerprint density at radius 1 is 1.45 bits per heavy atom. The van der Waals surface area contributed by atoms with Crippen molar-refractivity contribution in [3.05, 3.63) is 23.8 Å². The molecule has 0 saturated heterocycles. The summed E-state index contributed by atoms with van der Waals surface area (Å²) in [6.45, 7) is 4.17. The van der Waals surface area contributed by atoms with Gasteiger partial charge in [-0.05, 0) is 30.4 Å². The summed E-state index contributed by atoms with van der Waals surface area (Å²) in [4.78, 5) is 0.135. The average molecular weight is 318 g/mol. The predicted octanol–water partition coefficient (Wildman–Crippen LogP) is 1.57. The quantitative estimate of drug-likeness (QED) is 0.760. The summed E-state index contributed by atoms with van der Waals surface area (Å²) >= 11 is 1.69. The Hall–Kier alpha value is -0.760. The molecule has 0 aromatic heterocycles. The molecule has 0 fully saturated rings. The number of hydrogen-bond donors (Lipinski definition) is 2. The Balaban J connectivity index is 3.01. The molecule has 1 aromatic carbocycles. The van der Waals surface area contributed by atoms with Crippen molar-refractivity contribution < 1.29 is 13.2 Å². The van der Waals surface area contributed by atoms with Crippen LogP contribution in [0.4, 0.5) is 0 Å². The first-order chi connectivity index (χ1) is 9.44. The van der Waals surface area contributed by atoms with Gasteiger partial charge < -0.3 is 10.5 Å². The van der Waals surface area contributed by atoms with Gasteiger partial charge in [-0.1, -0.05) is 13.0 Å². The lowest BCUT2D eigenvalue weighted by Crippen LogP contribution is -2.34. The van der Waals surface area contributed by atoms with Gasteiger partial charge in [0, 0.05) is 18.3 Å². The number of ether oxygens (including phenoxy) is 1. The van der Waals surface area contributed by atoms with E-state index in [0.29, 0.717) is 5.75 Å². The van der Waals surface area contributed by atoms with Gasteiger partial charge in [-0.2, -0.15) is 11.8 Å². The molecule has 7 heteroatoms. The highest BCUT2D eigenvalue weighted by atomic mass is 32.2. The standard InChI is InChI=1S/C13H22N2O3S2/c1-4-19-9-10(2)15-20(16,17)13-7-11(8-14)5-6-12(13)18-3/h5-7,10,15H,4,8-9,14H2,1-3H3. The molecular formula is C13H22N2O3S2. The van der Waals surface area contributed by atoms with Crippen LogP contribution in [0.15, 0.2) is 23.1 Å². The summed E-state index contributed by atoms with van der Waals surface area (Å²) in [6.07, 6.45) is 0. The molecule has 0 aliphatic carbocycles. The Bertz CT molecular complexity index is 532. The van der Waals surface area contributed by atoms with Crippen molar-refractivity contribution in [3.8, 4) is 5.75 Å². The number of nitrogens with one attached hydrogen (secondary N) is 1. The van der Waals surface area contributed by atoms with Crippen molar-refractivity contribution in [2.24, 2.45) is 5.73 Å². The highest BCUT2D eigenvalue weighted by Crippen LogP contribution is 2.25. The maximum absolute atomic E-state index is 12.4. The van der Waals surface area contributed by atoms with E-state index < -0.39 is 10.0 Å². The summed E-state index contributed by atoms with van der Waals surface area (Å²) in [6, 6.07) is 4.80. The molecule has 1 rings (SSSR count). The Morgan fingerprint density at radius 3 is 2.70 bits per heavy atom. The number of hydrogen-bond acceptors (Lipinski definition) is 5. The molecule has 5 nitrogen and oxygen atoms in total. The third-order valence-corrected chi connectivity index (χ3v) is 5.44. The van der Waals surface area contributed by atoms with Crippen LogP contribution < -0.4 is 15.2 Å². The van der Waals surface area contributed by atoms with Crippen molar-refractivity contribution in [1.82, 2.24) is 4.72 Å². The van der Waals surface area contributed by atoms with E-state index in [-0.39, 0.29) is 17.5 Å². The maximum atomic E-state index is 12.4. The average Bonchev–Trinajstić information content (AvgIpc) is 2.43. The zero-order valence-electron chi connectivity index (χ0n) is 12.0. The molecule has 1 aromatic rings. The molecule has 0 heterocycles. The number of nitrogens with two attached hydrogens (primary N) is 1. The van der Waals surface area contributed by atoms with Gasteiger partial charge in [-0.15, -0.1) is 0 Å². The molecule has 0 amide bonds. The number of thioether (sulfide) groups is 1. The van der Waals surface area contributed by atoms with Crippen molar-refractivity contribution in [1.29, 1.82) is 0 Å².